The lowest BCUT2D eigenvalue weighted by Crippen LogP contribution is -2.00. The third-order valence-corrected chi connectivity index (χ3v) is 5.24. The molecule has 0 unspecified atom stereocenters. The molecule has 0 aliphatic carbocycles. The van der Waals surface area contributed by atoms with Crippen LogP contribution in [0.4, 0.5) is 10.1 Å². The molecule has 0 saturated carbocycles. The quantitative estimate of drug-likeness (QED) is 0.248. The van der Waals surface area contributed by atoms with Crippen LogP contribution in [0.1, 0.15) is 5.56 Å². The largest absolute Gasteiger partial charge is 0.270 e. The first kappa shape index (κ1) is 18.8. The van der Waals surface area contributed by atoms with Gasteiger partial charge in [0.15, 0.2) is 11.0 Å². The summed E-state index contributed by atoms with van der Waals surface area (Å²) >= 11 is 1.41. The number of rotatable bonds is 6. The molecule has 1 aromatic heterocycles. The van der Waals surface area contributed by atoms with Crippen molar-refractivity contribution in [2.45, 2.75) is 10.9 Å². The molecule has 0 fully saturated rings. The summed E-state index contributed by atoms with van der Waals surface area (Å²) in [5, 5.41) is 20.3. The van der Waals surface area contributed by atoms with Crippen LogP contribution < -0.4 is 0 Å². The maximum absolute atomic E-state index is 13.4. The van der Waals surface area contributed by atoms with E-state index in [1.165, 1.54) is 30.0 Å². The summed E-state index contributed by atoms with van der Waals surface area (Å²) < 4.78 is 15.3. The molecule has 6 nitrogen and oxygen atoms in total. The van der Waals surface area contributed by atoms with Crippen molar-refractivity contribution in [2.24, 2.45) is 0 Å². The normalized spacial score (nSPS) is 10.8. The van der Waals surface area contributed by atoms with Gasteiger partial charge in [-0.1, -0.05) is 54.2 Å². The van der Waals surface area contributed by atoms with E-state index in [2.05, 4.69) is 10.2 Å². The molecule has 0 aliphatic heterocycles. The van der Waals surface area contributed by atoms with Crippen LogP contribution in [0.25, 0.3) is 17.1 Å². The molecule has 3 aromatic carbocycles. The second-order valence-corrected chi connectivity index (χ2v) is 7.14. The number of benzene rings is 3. The lowest BCUT2D eigenvalue weighted by molar-refractivity contribution is -0.384. The molecule has 4 rings (SSSR count). The van der Waals surface area contributed by atoms with Crippen LogP contribution in [0.2, 0.25) is 0 Å². The number of thioether (sulfide) groups is 1. The number of non-ortho nitro benzene ring substituents is 1. The van der Waals surface area contributed by atoms with Gasteiger partial charge < -0.3 is 0 Å². The number of nitro groups is 1. The van der Waals surface area contributed by atoms with E-state index in [1.807, 2.05) is 41.0 Å². The maximum Gasteiger partial charge on any atom is 0.269 e. The molecule has 0 aliphatic rings. The first-order valence-corrected chi connectivity index (χ1v) is 9.73. The van der Waals surface area contributed by atoms with E-state index in [0.29, 0.717) is 16.7 Å². The summed E-state index contributed by atoms with van der Waals surface area (Å²) in [6.07, 6.45) is 0. The van der Waals surface area contributed by atoms with Gasteiger partial charge in [0.25, 0.3) is 5.69 Å². The second-order valence-electron chi connectivity index (χ2n) is 6.20. The molecular formula is C21H15FN4O2S. The van der Waals surface area contributed by atoms with Gasteiger partial charge in [-0.15, -0.1) is 10.2 Å². The minimum atomic E-state index is -0.414. The number of nitrogens with zero attached hydrogens (tertiary/aromatic N) is 4. The van der Waals surface area contributed by atoms with Crippen molar-refractivity contribution in [2.75, 3.05) is 0 Å². The fraction of sp³-hybridized carbons (Fsp3) is 0.0476. The van der Waals surface area contributed by atoms with Crippen molar-refractivity contribution in [3.05, 3.63) is 100 Å². The zero-order valence-electron chi connectivity index (χ0n) is 15.1. The van der Waals surface area contributed by atoms with Gasteiger partial charge in [-0.3, -0.25) is 14.7 Å². The molecule has 144 valence electrons. The summed E-state index contributed by atoms with van der Waals surface area (Å²) in [6, 6.07) is 22.2. The molecule has 0 spiro atoms. The van der Waals surface area contributed by atoms with Gasteiger partial charge in [-0.2, -0.15) is 0 Å². The molecule has 0 atom stereocenters. The number of hydrogen-bond acceptors (Lipinski definition) is 5. The Morgan fingerprint density at radius 2 is 1.72 bits per heavy atom. The van der Waals surface area contributed by atoms with Gasteiger partial charge in [0.05, 0.1) is 4.92 Å². The Morgan fingerprint density at radius 3 is 2.45 bits per heavy atom. The summed E-state index contributed by atoms with van der Waals surface area (Å²) in [4.78, 5) is 10.6. The average molecular weight is 406 g/mol. The highest BCUT2D eigenvalue weighted by atomic mass is 32.2. The number of hydrogen-bond donors (Lipinski definition) is 0. The van der Waals surface area contributed by atoms with Crippen LogP contribution in [-0.4, -0.2) is 19.7 Å². The van der Waals surface area contributed by atoms with Crippen molar-refractivity contribution in [1.82, 2.24) is 14.8 Å². The number of halogens is 1. The SMILES string of the molecule is O=[N+]([O-])c1cccc(CSc2nnc(-c3ccccc3)n2-c2ccc(F)cc2)c1. The van der Waals surface area contributed by atoms with Crippen LogP contribution in [0, 0.1) is 15.9 Å². The number of aromatic nitrogens is 3. The van der Waals surface area contributed by atoms with Crippen LogP contribution in [-0.2, 0) is 5.75 Å². The number of nitro benzene ring substituents is 1. The predicted octanol–water partition coefficient (Wildman–Crippen LogP) is 5.27. The van der Waals surface area contributed by atoms with E-state index in [9.17, 15) is 14.5 Å². The standard InChI is InChI=1S/C21H15FN4O2S/c22-17-9-11-18(12-10-17)25-20(16-6-2-1-3-7-16)23-24-21(25)29-14-15-5-4-8-19(13-15)26(27)28/h1-13H,14H2. The highest BCUT2D eigenvalue weighted by Gasteiger charge is 2.16. The van der Waals surface area contributed by atoms with Gasteiger partial charge in [0.1, 0.15) is 5.82 Å². The first-order chi connectivity index (χ1) is 14.1. The molecule has 29 heavy (non-hydrogen) atoms. The van der Waals surface area contributed by atoms with E-state index in [1.54, 1.807) is 24.3 Å². The summed E-state index contributed by atoms with van der Waals surface area (Å²) in [5.41, 5.74) is 2.47. The Bertz CT molecular complexity index is 1150. The van der Waals surface area contributed by atoms with Crippen LogP contribution in [0.5, 0.6) is 0 Å². The predicted molar refractivity (Wildman–Crippen MR) is 109 cm³/mol. The molecule has 1 heterocycles. The molecular weight excluding hydrogens is 391 g/mol. The van der Waals surface area contributed by atoms with Crippen molar-refractivity contribution >= 4 is 17.4 Å². The van der Waals surface area contributed by atoms with Gasteiger partial charge in [-0.25, -0.2) is 4.39 Å². The Kier molecular flexibility index (Phi) is 5.35. The topological polar surface area (TPSA) is 73.8 Å². The summed E-state index contributed by atoms with van der Waals surface area (Å²) in [5.74, 6) is 0.795. The summed E-state index contributed by atoms with van der Waals surface area (Å²) in [6.45, 7) is 0. The lowest BCUT2D eigenvalue weighted by atomic mass is 10.2. The minimum Gasteiger partial charge on any atom is -0.270 e. The molecule has 0 bridgehead atoms. The summed E-state index contributed by atoms with van der Waals surface area (Å²) in [7, 11) is 0. The van der Waals surface area contributed by atoms with Gasteiger partial charge in [0.2, 0.25) is 0 Å². The van der Waals surface area contributed by atoms with E-state index in [-0.39, 0.29) is 11.5 Å². The van der Waals surface area contributed by atoms with Crippen molar-refractivity contribution < 1.29 is 9.31 Å². The molecule has 0 amide bonds. The van der Waals surface area contributed by atoms with E-state index in [0.717, 1.165) is 16.8 Å². The monoisotopic (exact) mass is 406 g/mol. The Morgan fingerprint density at radius 1 is 0.966 bits per heavy atom. The lowest BCUT2D eigenvalue weighted by Gasteiger charge is -2.10. The molecule has 0 radical (unpaired) electrons. The van der Waals surface area contributed by atoms with Gasteiger partial charge >= 0.3 is 0 Å². The highest BCUT2D eigenvalue weighted by molar-refractivity contribution is 7.98. The van der Waals surface area contributed by atoms with Gasteiger partial charge in [-0.05, 0) is 29.8 Å². The van der Waals surface area contributed by atoms with Crippen LogP contribution >= 0.6 is 11.8 Å². The fourth-order valence-electron chi connectivity index (χ4n) is 2.87. The van der Waals surface area contributed by atoms with Crippen LogP contribution in [0.15, 0.2) is 84.0 Å². The van der Waals surface area contributed by atoms with E-state index in [4.69, 9.17) is 0 Å². The van der Waals surface area contributed by atoms with E-state index < -0.39 is 4.92 Å². The molecule has 4 aromatic rings. The fourth-order valence-corrected chi connectivity index (χ4v) is 3.76. The minimum absolute atomic E-state index is 0.0491. The van der Waals surface area contributed by atoms with Crippen molar-refractivity contribution in [3.8, 4) is 17.1 Å². The zero-order valence-corrected chi connectivity index (χ0v) is 15.9. The Balaban J connectivity index is 1.70. The average Bonchev–Trinajstić information content (AvgIpc) is 3.17. The van der Waals surface area contributed by atoms with E-state index >= 15 is 0 Å². The van der Waals surface area contributed by atoms with Crippen molar-refractivity contribution in [1.29, 1.82) is 0 Å². The van der Waals surface area contributed by atoms with Crippen LogP contribution in [0.3, 0.4) is 0 Å². The molecule has 0 N–H and O–H groups in total. The second kappa shape index (κ2) is 8.24. The Labute approximate surface area is 170 Å². The molecule has 0 saturated heterocycles. The maximum atomic E-state index is 13.4. The third kappa shape index (κ3) is 4.17. The zero-order chi connectivity index (χ0) is 20.2. The highest BCUT2D eigenvalue weighted by Crippen LogP contribution is 2.30. The Hall–Kier alpha value is -3.52. The third-order valence-electron chi connectivity index (χ3n) is 4.24. The van der Waals surface area contributed by atoms with Gasteiger partial charge in [0, 0.05) is 29.1 Å². The smallest absolute Gasteiger partial charge is 0.269 e. The molecule has 8 heteroatoms. The van der Waals surface area contributed by atoms with Crippen molar-refractivity contribution in [3.63, 3.8) is 0 Å². The first-order valence-electron chi connectivity index (χ1n) is 8.75.